The Kier molecular flexibility index (Phi) is 6.86. The van der Waals surface area contributed by atoms with E-state index in [-0.39, 0.29) is 22.4 Å². The van der Waals surface area contributed by atoms with Crippen LogP contribution in [0.1, 0.15) is 54.0 Å². The normalized spacial score (nSPS) is 10.9. The maximum Gasteiger partial charge on any atom is 0.338 e. The van der Waals surface area contributed by atoms with Crippen LogP contribution in [-0.2, 0) is 11.2 Å². The molecule has 2 aromatic carbocycles. The van der Waals surface area contributed by atoms with Crippen molar-refractivity contribution in [2.45, 2.75) is 40.2 Å². The van der Waals surface area contributed by atoms with Crippen molar-refractivity contribution in [1.82, 2.24) is 0 Å². The Morgan fingerprint density at radius 1 is 1.11 bits per heavy atom. The Balaban J connectivity index is 2.19. The van der Waals surface area contributed by atoms with Gasteiger partial charge in [-0.2, -0.15) is 0 Å². The SMILES string of the molecule is CC(C)Cc1ccc(O)c(C(=O)Nc2ccc(C(=O)OC(C)C)cc2Cl)c1. The fraction of sp³-hybridized carbons (Fsp3) is 0.333. The Morgan fingerprint density at radius 3 is 2.41 bits per heavy atom. The van der Waals surface area contributed by atoms with Gasteiger partial charge in [0.15, 0.2) is 0 Å². The number of aromatic hydroxyl groups is 1. The van der Waals surface area contributed by atoms with Gasteiger partial charge in [-0.3, -0.25) is 4.79 Å². The second-order valence-corrected chi connectivity index (χ2v) is 7.46. The van der Waals surface area contributed by atoms with E-state index < -0.39 is 11.9 Å². The molecule has 0 aliphatic rings. The van der Waals surface area contributed by atoms with Crippen LogP contribution in [0.4, 0.5) is 5.69 Å². The first-order chi connectivity index (χ1) is 12.7. The van der Waals surface area contributed by atoms with E-state index in [0.717, 1.165) is 12.0 Å². The molecule has 0 saturated heterocycles. The van der Waals surface area contributed by atoms with E-state index in [1.165, 1.54) is 24.3 Å². The summed E-state index contributed by atoms with van der Waals surface area (Å²) in [5, 5.41) is 12.9. The first-order valence-corrected chi connectivity index (χ1v) is 9.19. The highest BCUT2D eigenvalue weighted by molar-refractivity contribution is 6.34. The van der Waals surface area contributed by atoms with E-state index in [9.17, 15) is 14.7 Å². The number of nitrogens with one attached hydrogen (secondary N) is 1. The van der Waals surface area contributed by atoms with E-state index in [4.69, 9.17) is 16.3 Å². The van der Waals surface area contributed by atoms with Crippen LogP contribution < -0.4 is 5.32 Å². The third-order valence-electron chi connectivity index (χ3n) is 3.75. The van der Waals surface area contributed by atoms with Crippen LogP contribution in [0, 0.1) is 5.92 Å². The van der Waals surface area contributed by atoms with Crippen LogP contribution in [0.15, 0.2) is 36.4 Å². The summed E-state index contributed by atoms with van der Waals surface area (Å²) in [5.74, 6) is -0.632. The third kappa shape index (κ3) is 5.73. The van der Waals surface area contributed by atoms with Gasteiger partial charge in [-0.15, -0.1) is 0 Å². The van der Waals surface area contributed by atoms with Crippen molar-refractivity contribution < 1.29 is 19.4 Å². The molecule has 144 valence electrons. The van der Waals surface area contributed by atoms with Crippen molar-refractivity contribution in [3.05, 3.63) is 58.1 Å². The lowest BCUT2D eigenvalue weighted by molar-refractivity contribution is 0.0378. The average Bonchev–Trinajstić information content (AvgIpc) is 2.57. The first-order valence-electron chi connectivity index (χ1n) is 8.81. The largest absolute Gasteiger partial charge is 0.507 e. The lowest BCUT2D eigenvalue weighted by Gasteiger charge is -2.12. The van der Waals surface area contributed by atoms with Gasteiger partial charge in [0.05, 0.1) is 27.9 Å². The number of carbonyl (C=O) groups excluding carboxylic acids is 2. The minimum atomic E-state index is -0.483. The number of esters is 1. The predicted molar refractivity (Wildman–Crippen MR) is 107 cm³/mol. The number of hydrogen-bond donors (Lipinski definition) is 2. The van der Waals surface area contributed by atoms with Crippen LogP contribution in [0.3, 0.4) is 0 Å². The summed E-state index contributed by atoms with van der Waals surface area (Å²) in [6.45, 7) is 7.68. The zero-order chi connectivity index (χ0) is 20.1. The second-order valence-electron chi connectivity index (χ2n) is 7.05. The maximum absolute atomic E-state index is 12.6. The Hall–Kier alpha value is -2.53. The lowest BCUT2D eigenvalue weighted by atomic mass is 10.00. The second kappa shape index (κ2) is 8.91. The zero-order valence-electron chi connectivity index (χ0n) is 15.9. The molecule has 2 N–H and O–H groups in total. The van der Waals surface area contributed by atoms with Crippen molar-refractivity contribution in [3.63, 3.8) is 0 Å². The molecule has 1 amide bonds. The topological polar surface area (TPSA) is 75.6 Å². The van der Waals surface area contributed by atoms with Crippen molar-refractivity contribution >= 4 is 29.2 Å². The Labute approximate surface area is 164 Å². The molecule has 0 atom stereocenters. The highest BCUT2D eigenvalue weighted by atomic mass is 35.5. The van der Waals surface area contributed by atoms with Gasteiger partial charge in [-0.1, -0.05) is 31.5 Å². The molecule has 5 nitrogen and oxygen atoms in total. The smallest absolute Gasteiger partial charge is 0.338 e. The molecule has 0 fully saturated rings. The van der Waals surface area contributed by atoms with Gasteiger partial charge in [-0.25, -0.2) is 4.79 Å². The summed E-state index contributed by atoms with van der Waals surface area (Å²) < 4.78 is 5.12. The summed E-state index contributed by atoms with van der Waals surface area (Å²) in [4.78, 5) is 24.5. The van der Waals surface area contributed by atoms with E-state index in [2.05, 4.69) is 19.2 Å². The number of ether oxygens (including phenoxy) is 1. The van der Waals surface area contributed by atoms with Crippen LogP contribution in [0.2, 0.25) is 5.02 Å². The highest BCUT2D eigenvalue weighted by Gasteiger charge is 2.16. The van der Waals surface area contributed by atoms with Crippen LogP contribution in [-0.4, -0.2) is 23.1 Å². The predicted octanol–water partition coefficient (Wildman–Crippen LogP) is 5.06. The highest BCUT2D eigenvalue weighted by Crippen LogP contribution is 2.26. The molecule has 0 aromatic heterocycles. The van der Waals surface area contributed by atoms with E-state index >= 15 is 0 Å². The van der Waals surface area contributed by atoms with E-state index in [1.54, 1.807) is 26.0 Å². The molecular weight excluding hydrogens is 366 g/mol. The van der Waals surface area contributed by atoms with Crippen molar-refractivity contribution in [1.29, 1.82) is 0 Å². The number of hydrogen-bond acceptors (Lipinski definition) is 4. The molecule has 0 spiro atoms. The fourth-order valence-electron chi connectivity index (χ4n) is 2.58. The molecular formula is C21H24ClNO4. The number of rotatable bonds is 6. The Bertz CT molecular complexity index is 846. The molecule has 6 heteroatoms. The number of benzene rings is 2. The zero-order valence-corrected chi connectivity index (χ0v) is 16.6. The minimum Gasteiger partial charge on any atom is -0.507 e. The lowest BCUT2D eigenvalue weighted by Crippen LogP contribution is -2.14. The summed E-state index contributed by atoms with van der Waals surface area (Å²) >= 11 is 6.20. The molecule has 27 heavy (non-hydrogen) atoms. The minimum absolute atomic E-state index is 0.103. The van der Waals surface area contributed by atoms with Crippen LogP contribution >= 0.6 is 11.6 Å². The van der Waals surface area contributed by atoms with E-state index in [1.807, 2.05) is 0 Å². The fourth-order valence-corrected chi connectivity index (χ4v) is 2.81. The van der Waals surface area contributed by atoms with Crippen LogP contribution in [0.25, 0.3) is 0 Å². The number of phenolic OH excluding ortho intramolecular Hbond substituents is 1. The summed E-state index contributed by atoms with van der Waals surface area (Å²) in [6.07, 6.45) is 0.560. The van der Waals surface area contributed by atoms with Crippen LogP contribution in [0.5, 0.6) is 5.75 Å². The van der Waals surface area contributed by atoms with Crippen molar-refractivity contribution in [2.24, 2.45) is 5.92 Å². The molecule has 2 rings (SSSR count). The number of halogens is 1. The number of anilines is 1. The first kappa shape index (κ1) is 20.8. The number of amides is 1. The van der Waals surface area contributed by atoms with Crippen molar-refractivity contribution in [3.8, 4) is 5.75 Å². The molecule has 0 aliphatic heterocycles. The number of carbonyl (C=O) groups is 2. The van der Waals surface area contributed by atoms with Crippen molar-refractivity contribution in [2.75, 3.05) is 5.32 Å². The van der Waals surface area contributed by atoms with Gasteiger partial charge in [0.1, 0.15) is 5.75 Å². The number of phenols is 1. The summed E-state index contributed by atoms with van der Waals surface area (Å²) in [7, 11) is 0. The van der Waals surface area contributed by atoms with Gasteiger partial charge >= 0.3 is 5.97 Å². The van der Waals surface area contributed by atoms with Gasteiger partial charge < -0.3 is 15.2 Å². The van der Waals surface area contributed by atoms with Gasteiger partial charge in [0.25, 0.3) is 5.91 Å². The summed E-state index contributed by atoms with van der Waals surface area (Å²) in [5.41, 5.74) is 1.78. The average molecular weight is 390 g/mol. The van der Waals surface area contributed by atoms with Gasteiger partial charge in [0.2, 0.25) is 0 Å². The molecule has 0 heterocycles. The quantitative estimate of drug-likeness (QED) is 0.677. The molecule has 0 radical (unpaired) electrons. The maximum atomic E-state index is 12.6. The monoisotopic (exact) mass is 389 g/mol. The molecule has 0 bridgehead atoms. The third-order valence-corrected chi connectivity index (χ3v) is 4.06. The Morgan fingerprint density at radius 2 is 1.81 bits per heavy atom. The van der Waals surface area contributed by atoms with E-state index in [0.29, 0.717) is 17.2 Å². The molecule has 0 aliphatic carbocycles. The molecule has 2 aromatic rings. The summed E-state index contributed by atoms with van der Waals surface area (Å²) in [6, 6.07) is 9.49. The molecule has 0 unspecified atom stereocenters. The molecule has 0 saturated carbocycles. The van der Waals surface area contributed by atoms with Gasteiger partial charge in [-0.05, 0) is 62.1 Å². The van der Waals surface area contributed by atoms with Gasteiger partial charge in [0, 0.05) is 0 Å². The standard InChI is InChI=1S/C21H24ClNO4/c1-12(2)9-14-5-8-19(24)16(10-14)20(25)23-18-7-6-15(11-17(18)22)21(26)27-13(3)4/h5-8,10-13,24H,9H2,1-4H3,(H,23,25).